The van der Waals surface area contributed by atoms with Gasteiger partial charge in [0.1, 0.15) is 11.8 Å². The van der Waals surface area contributed by atoms with Crippen LogP contribution in [0.2, 0.25) is 0 Å². The zero-order valence-electron chi connectivity index (χ0n) is 13.0. The molecule has 8 heteroatoms. The quantitative estimate of drug-likeness (QED) is 0.764. The van der Waals surface area contributed by atoms with Gasteiger partial charge in [0.05, 0.1) is 5.56 Å². The van der Waals surface area contributed by atoms with Crippen molar-refractivity contribution in [1.29, 1.82) is 0 Å². The molecule has 0 bridgehead atoms. The van der Waals surface area contributed by atoms with Gasteiger partial charge in [-0.3, -0.25) is 4.79 Å². The van der Waals surface area contributed by atoms with Crippen LogP contribution < -0.4 is 5.32 Å². The molecular formula is C16H17N5O3. The van der Waals surface area contributed by atoms with Crippen LogP contribution in [-0.2, 0) is 11.2 Å². The first-order valence-electron chi connectivity index (χ1n) is 7.94. The van der Waals surface area contributed by atoms with Crippen LogP contribution in [0.25, 0.3) is 5.65 Å². The molecule has 1 saturated heterocycles. The number of carbonyl (C=O) groups is 1. The van der Waals surface area contributed by atoms with Crippen molar-refractivity contribution in [3.63, 3.8) is 0 Å². The maximum atomic E-state index is 12.2. The molecule has 0 spiro atoms. The summed E-state index contributed by atoms with van der Waals surface area (Å²) >= 11 is 0. The van der Waals surface area contributed by atoms with E-state index in [0.717, 1.165) is 25.1 Å². The smallest absolute Gasteiger partial charge is 0.255 e. The molecule has 3 aromatic heterocycles. The van der Waals surface area contributed by atoms with Crippen LogP contribution in [-0.4, -0.2) is 38.6 Å². The first-order chi connectivity index (χ1) is 11.8. The van der Waals surface area contributed by atoms with E-state index in [4.69, 9.17) is 9.26 Å². The lowest BCUT2D eigenvalue weighted by atomic mass is 10.2. The van der Waals surface area contributed by atoms with Crippen molar-refractivity contribution in [3.8, 4) is 0 Å². The summed E-state index contributed by atoms with van der Waals surface area (Å²) in [5.74, 6) is 0.957. The zero-order valence-corrected chi connectivity index (χ0v) is 13.0. The highest BCUT2D eigenvalue weighted by molar-refractivity contribution is 5.94. The Labute approximate surface area is 137 Å². The third-order valence-corrected chi connectivity index (χ3v) is 3.97. The third kappa shape index (κ3) is 3.00. The molecule has 0 aliphatic carbocycles. The monoisotopic (exact) mass is 327 g/mol. The largest absolute Gasteiger partial charge is 0.368 e. The van der Waals surface area contributed by atoms with E-state index in [9.17, 15) is 4.79 Å². The van der Waals surface area contributed by atoms with Crippen molar-refractivity contribution in [2.75, 3.05) is 13.2 Å². The summed E-state index contributed by atoms with van der Waals surface area (Å²) in [6.07, 6.45) is 7.60. The number of imidazole rings is 1. The average Bonchev–Trinajstić information content (AvgIpc) is 3.34. The number of rotatable bonds is 5. The molecule has 1 N–H and O–H groups in total. The molecule has 1 aliphatic rings. The van der Waals surface area contributed by atoms with Crippen LogP contribution in [0.5, 0.6) is 0 Å². The number of hydrogen-bond acceptors (Lipinski definition) is 6. The SMILES string of the molecule is O=C(NCCc1noc([C@H]2CCCO2)n1)c1ccc2nccn2c1. The molecule has 24 heavy (non-hydrogen) atoms. The number of aromatic nitrogens is 4. The van der Waals surface area contributed by atoms with Gasteiger partial charge in [0.25, 0.3) is 11.8 Å². The Morgan fingerprint density at radius 2 is 2.38 bits per heavy atom. The fraction of sp³-hybridized carbons (Fsp3) is 0.375. The molecule has 0 unspecified atom stereocenters. The van der Waals surface area contributed by atoms with Crippen molar-refractivity contribution < 1.29 is 14.1 Å². The number of nitrogens with one attached hydrogen (secondary N) is 1. The van der Waals surface area contributed by atoms with Crippen molar-refractivity contribution in [3.05, 3.63) is 48.0 Å². The summed E-state index contributed by atoms with van der Waals surface area (Å²) in [5, 5.41) is 6.79. The molecular weight excluding hydrogens is 310 g/mol. The Bertz CT molecular complexity index is 850. The summed E-state index contributed by atoms with van der Waals surface area (Å²) in [6.45, 7) is 1.17. The van der Waals surface area contributed by atoms with Crippen LogP contribution in [0.4, 0.5) is 0 Å². The highest BCUT2D eigenvalue weighted by Crippen LogP contribution is 2.26. The molecule has 8 nitrogen and oxygen atoms in total. The van der Waals surface area contributed by atoms with Crippen LogP contribution in [0, 0.1) is 0 Å². The number of nitrogens with zero attached hydrogens (tertiary/aromatic N) is 4. The molecule has 124 valence electrons. The predicted octanol–water partition coefficient (Wildman–Crippen LogP) is 1.54. The van der Waals surface area contributed by atoms with Crippen molar-refractivity contribution >= 4 is 11.6 Å². The summed E-state index contributed by atoms with van der Waals surface area (Å²) in [5.41, 5.74) is 1.38. The van der Waals surface area contributed by atoms with Crippen LogP contribution >= 0.6 is 0 Å². The first kappa shape index (κ1) is 14.8. The van der Waals surface area contributed by atoms with E-state index in [1.807, 2.05) is 10.5 Å². The van der Waals surface area contributed by atoms with Gasteiger partial charge in [0.15, 0.2) is 5.82 Å². The van der Waals surface area contributed by atoms with E-state index >= 15 is 0 Å². The lowest BCUT2D eigenvalue weighted by Crippen LogP contribution is -2.26. The van der Waals surface area contributed by atoms with Gasteiger partial charge in [-0.05, 0) is 25.0 Å². The predicted molar refractivity (Wildman–Crippen MR) is 83.5 cm³/mol. The third-order valence-electron chi connectivity index (χ3n) is 3.97. The van der Waals surface area contributed by atoms with Crippen LogP contribution in [0.1, 0.15) is 41.0 Å². The second-order valence-corrected chi connectivity index (χ2v) is 5.67. The Morgan fingerprint density at radius 1 is 1.42 bits per heavy atom. The van der Waals surface area contributed by atoms with E-state index in [-0.39, 0.29) is 12.0 Å². The molecule has 0 saturated carbocycles. The van der Waals surface area contributed by atoms with Gasteiger partial charge in [0.2, 0.25) is 0 Å². The summed E-state index contributed by atoms with van der Waals surface area (Å²) in [6, 6.07) is 3.56. The number of hydrogen-bond donors (Lipinski definition) is 1. The maximum absolute atomic E-state index is 12.2. The second-order valence-electron chi connectivity index (χ2n) is 5.67. The normalized spacial score (nSPS) is 17.4. The minimum atomic E-state index is -0.145. The number of pyridine rings is 1. The molecule has 4 heterocycles. The van der Waals surface area contributed by atoms with Gasteiger partial charge in [-0.25, -0.2) is 4.98 Å². The summed E-state index contributed by atoms with van der Waals surface area (Å²) in [7, 11) is 0. The Morgan fingerprint density at radius 3 is 3.25 bits per heavy atom. The molecule has 0 aromatic carbocycles. The Balaban J connectivity index is 1.32. The van der Waals surface area contributed by atoms with Crippen molar-refractivity contribution in [1.82, 2.24) is 24.8 Å². The average molecular weight is 327 g/mol. The number of carbonyl (C=O) groups excluding carboxylic acids is 1. The standard InChI is InChI=1S/C16H17N5O3/c22-15(11-3-4-14-17-7-8-21(14)10-11)18-6-5-13-19-16(24-20-13)12-2-1-9-23-12/h3-4,7-8,10,12H,1-2,5-6,9H2,(H,18,22)/t12-/m1/s1. The highest BCUT2D eigenvalue weighted by Gasteiger charge is 2.23. The van der Waals surface area contributed by atoms with E-state index in [1.165, 1.54) is 0 Å². The maximum Gasteiger partial charge on any atom is 0.255 e. The van der Waals surface area contributed by atoms with E-state index in [1.54, 1.807) is 24.7 Å². The van der Waals surface area contributed by atoms with Gasteiger partial charge < -0.3 is 19.0 Å². The Hall–Kier alpha value is -2.74. The van der Waals surface area contributed by atoms with Gasteiger partial charge in [-0.1, -0.05) is 5.16 Å². The van der Waals surface area contributed by atoms with Gasteiger partial charge in [-0.15, -0.1) is 0 Å². The lowest BCUT2D eigenvalue weighted by molar-refractivity contribution is 0.0835. The molecule has 0 radical (unpaired) electrons. The lowest BCUT2D eigenvalue weighted by Gasteiger charge is -2.04. The zero-order chi connectivity index (χ0) is 16.4. The van der Waals surface area contributed by atoms with E-state index in [2.05, 4.69) is 20.4 Å². The van der Waals surface area contributed by atoms with Gasteiger partial charge >= 0.3 is 0 Å². The number of fused-ring (bicyclic) bond motifs is 1. The van der Waals surface area contributed by atoms with E-state index in [0.29, 0.717) is 30.2 Å². The van der Waals surface area contributed by atoms with Crippen LogP contribution in [0.3, 0.4) is 0 Å². The fourth-order valence-corrected chi connectivity index (χ4v) is 2.72. The topological polar surface area (TPSA) is 94.5 Å². The highest BCUT2D eigenvalue weighted by atomic mass is 16.5. The van der Waals surface area contributed by atoms with Gasteiger partial charge in [0, 0.05) is 38.2 Å². The van der Waals surface area contributed by atoms with Crippen LogP contribution in [0.15, 0.2) is 35.2 Å². The van der Waals surface area contributed by atoms with Crippen molar-refractivity contribution in [2.45, 2.75) is 25.4 Å². The molecule has 4 rings (SSSR count). The fourth-order valence-electron chi connectivity index (χ4n) is 2.72. The molecule has 1 atom stereocenters. The molecule has 1 aliphatic heterocycles. The second kappa shape index (κ2) is 6.40. The number of ether oxygens (including phenoxy) is 1. The minimum Gasteiger partial charge on any atom is -0.368 e. The Kier molecular flexibility index (Phi) is 3.96. The minimum absolute atomic E-state index is 0.0808. The van der Waals surface area contributed by atoms with Crippen molar-refractivity contribution in [2.24, 2.45) is 0 Å². The molecule has 3 aromatic rings. The summed E-state index contributed by atoms with van der Waals surface area (Å²) < 4.78 is 12.5. The first-order valence-corrected chi connectivity index (χ1v) is 7.94. The molecule has 1 fully saturated rings. The number of amides is 1. The molecule has 1 amide bonds. The van der Waals surface area contributed by atoms with E-state index < -0.39 is 0 Å². The van der Waals surface area contributed by atoms with Gasteiger partial charge in [-0.2, -0.15) is 4.98 Å². The summed E-state index contributed by atoms with van der Waals surface area (Å²) in [4.78, 5) is 20.7.